The van der Waals surface area contributed by atoms with E-state index in [1.165, 1.54) is 6.26 Å². The molecule has 1 saturated heterocycles. The van der Waals surface area contributed by atoms with Gasteiger partial charge in [0.25, 0.3) is 11.5 Å². The highest BCUT2D eigenvalue weighted by Crippen LogP contribution is 2.36. The average Bonchev–Trinajstić information content (AvgIpc) is 3.29. The first-order valence-corrected chi connectivity index (χ1v) is 10.8. The van der Waals surface area contributed by atoms with Crippen LogP contribution in [0, 0.1) is 5.92 Å². The molecule has 5 rings (SSSR count). The molecule has 160 valence electrons. The lowest BCUT2D eigenvalue weighted by Crippen LogP contribution is -2.49. The quantitative estimate of drug-likeness (QED) is 0.653. The van der Waals surface area contributed by atoms with Gasteiger partial charge >= 0.3 is 0 Å². The molecule has 2 unspecified atom stereocenters. The van der Waals surface area contributed by atoms with Crippen molar-refractivity contribution >= 4 is 5.91 Å². The smallest absolute Gasteiger partial charge is 0.289 e. The fourth-order valence-corrected chi connectivity index (χ4v) is 5.13. The molecular formula is C25H27N3O3. The molecule has 0 radical (unpaired) electrons. The molecule has 0 spiro atoms. The van der Waals surface area contributed by atoms with Gasteiger partial charge in [-0.15, -0.1) is 0 Å². The minimum atomic E-state index is -0.0651. The number of likely N-dealkylation sites (tertiary alicyclic amines) is 1. The maximum absolute atomic E-state index is 13.5. The van der Waals surface area contributed by atoms with Gasteiger partial charge in [-0.05, 0) is 61.8 Å². The molecule has 2 atom stereocenters. The number of piperidine rings is 1. The van der Waals surface area contributed by atoms with E-state index in [-0.39, 0.29) is 23.3 Å². The lowest BCUT2D eigenvalue weighted by Gasteiger charge is -2.42. The summed E-state index contributed by atoms with van der Waals surface area (Å²) < 4.78 is 7.27. The molecule has 4 heterocycles. The third-order valence-corrected chi connectivity index (χ3v) is 6.42. The lowest BCUT2D eigenvalue weighted by molar-refractivity contribution is 0.0564. The summed E-state index contributed by atoms with van der Waals surface area (Å²) in [6.07, 6.45) is 2.54. The van der Waals surface area contributed by atoms with Crippen molar-refractivity contribution in [2.24, 2.45) is 5.92 Å². The number of carbonyl (C=O) groups excluding carboxylic acids is 1. The Morgan fingerprint density at radius 2 is 1.87 bits per heavy atom. The Balaban J connectivity index is 1.48. The van der Waals surface area contributed by atoms with E-state index in [4.69, 9.17) is 4.42 Å². The molecular weight excluding hydrogens is 390 g/mol. The van der Waals surface area contributed by atoms with Crippen molar-refractivity contribution in [3.05, 3.63) is 82.2 Å². The predicted molar refractivity (Wildman–Crippen MR) is 119 cm³/mol. The van der Waals surface area contributed by atoms with E-state index in [0.717, 1.165) is 35.3 Å². The average molecular weight is 418 g/mol. The molecule has 6 nitrogen and oxygen atoms in total. The van der Waals surface area contributed by atoms with Crippen LogP contribution in [-0.2, 0) is 13.1 Å². The second-order valence-electron chi connectivity index (χ2n) is 8.97. The monoisotopic (exact) mass is 417 g/mol. The maximum atomic E-state index is 13.5. The summed E-state index contributed by atoms with van der Waals surface area (Å²) in [5, 5.41) is 0. The van der Waals surface area contributed by atoms with Crippen LogP contribution in [0.15, 0.2) is 64.0 Å². The fraction of sp³-hybridized carbons (Fsp3) is 0.360. The van der Waals surface area contributed by atoms with Gasteiger partial charge in [-0.2, -0.15) is 0 Å². The molecule has 1 amide bonds. The van der Waals surface area contributed by atoms with Crippen molar-refractivity contribution in [2.75, 3.05) is 27.2 Å². The molecule has 0 saturated carbocycles. The van der Waals surface area contributed by atoms with Crippen molar-refractivity contribution in [2.45, 2.75) is 25.4 Å². The summed E-state index contributed by atoms with van der Waals surface area (Å²) in [5.74, 6) is 0.759. The number of nitrogens with zero attached hydrogens (tertiary/aromatic N) is 3. The maximum Gasteiger partial charge on any atom is 0.289 e. The molecule has 2 aromatic heterocycles. The molecule has 2 aliphatic rings. The van der Waals surface area contributed by atoms with Crippen molar-refractivity contribution in [3.63, 3.8) is 0 Å². The van der Waals surface area contributed by atoms with Gasteiger partial charge in [0, 0.05) is 43.4 Å². The number of amides is 1. The normalized spacial score (nSPS) is 20.0. The topological polar surface area (TPSA) is 58.7 Å². The Kier molecular flexibility index (Phi) is 5.02. The van der Waals surface area contributed by atoms with Crippen LogP contribution in [0.2, 0.25) is 0 Å². The first-order valence-electron chi connectivity index (χ1n) is 10.8. The number of fused-ring (bicyclic) bond motifs is 4. The van der Waals surface area contributed by atoms with Gasteiger partial charge in [-0.1, -0.05) is 24.3 Å². The molecule has 0 N–H and O–H groups in total. The zero-order valence-electron chi connectivity index (χ0n) is 18.0. The number of furan rings is 1. The molecule has 0 aliphatic carbocycles. The van der Waals surface area contributed by atoms with Crippen molar-refractivity contribution < 1.29 is 9.21 Å². The van der Waals surface area contributed by atoms with E-state index in [2.05, 4.69) is 17.0 Å². The van der Waals surface area contributed by atoms with Crippen LogP contribution in [0.5, 0.6) is 0 Å². The van der Waals surface area contributed by atoms with Gasteiger partial charge in [0.2, 0.25) is 0 Å². The van der Waals surface area contributed by atoms with E-state index in [0.29, 0.717) is 25.4 Å². The highest BCUT2D eigenvalue weighted by Gasteiger charge is 2.37. The molecule has 1 aromatic carbocycles. The zero-order valence-corrected chi connectivity index (χ0v) is 18.0. The minimum absolute atomic E-state index is 0.0651. The Bertz CT molecular complexity index is 1160. The van der Waals surface area contributed by atoms with Crippen LogP contribution < -0.4 is 5.56 Å². The lowest BCUT2D eigenvalue weighted by atomic mass is 9.82. The van der Waals surface area contributed by atoms with Gasteiger partial charge in [0.1, 0.15) is 0 Å². The van der Waals surface area contributed by atoms with Crippen LogP contribution in [0.25, 0.3) is 11.1 Å². The summed E-state index contributed by atoms with van der Waals surface area (Å²) in [6.45, 7) is 2.71. The van der Waals surface area contributed by atoms with E-state index >= 15 is 0 Å². The zero-order chi connectivity index (χ0) is 21.5. The molecule has 3 aromatic rings. The largest absolute Gasteiger partial charge is 0.459 e. The second kappa shape index (κ2) is 7.85. The van der Waals surface area contributed by atoms with Crippen LogP contribution in [-0.4, -0.2) is 47.5 Å². The van der Waals surface area contributed by atoms with Gasteiger partial charge in [-0.3, -0.25) is 9.59 Å². The molecule has 6 heteroatoms. The summed E-state index contributed by atoms with van der Waals surface area (Å²) in [7, 11) is 4.07. The molecule has 1 fully saturated rings. The number of benzene rings is 1. The molecule has 2 bridgehead atoms. The van der Waals surface area contributed by atoms with E-state index < -0.39 is 0 Å². The Labute approximate surface area is 181 Å². The summed E-state index contributed by atoms with van der Waals surface area (Å²) in [4.78, 5) is 30.3. The number of hydrogen-bond donors (Lipinski definition) is 0. The third kappa shape index (κ3) is 3.61. The number of rotatable bonds is 4. The van der Waals surface area contributed by atoms with Gasteiger partial charge in [-0.25, -0.2) is 0 Å². The SMILES string of the molecule is CN(C)Cc1ccccc1-c1ccc2n(c1=O)CC1CC2CN(C(=O)c2ccco2)C1. The summed E-state index contributed by atoms with van der Waals surface area (Å²) >= 11 is 0. The first kappa shape index (κ1) is 19.8. The third-order valence-electron chi connectivity index (χ3n) is 6.42. The van der Waals surface area contributed by atoms with E-state index in [9.17, 15) is 9.59 Å². The predicted octanol–water partition coefficient (Wildman–Crippen LogP) is 3.43. The van der Waals surface area contributed by atoms with Crippen molar-refractivity contribution in [1.29, 1.82) is 0 Å². The van der Waals surface area contributed by atoms with E-state index in [1.807, 2.05) is 47.8 Å². The van der Waals surface area contributed by atoms with Crippen LogP contribution in [0.1, 0.15) is 34.2 Å². The van der Waals surface area contributed by atoms with Crippen LogP contribution >= 0.6 is 0 Å². The highest BCUT2D eigenvalue weighted by molar-refractivity contribution is 5.91. The standard InChI is InChI=1S/C25H27N3O3/c1-26(2)15-18-6-3-4-7-20(18)21-9-10-22-19-12-17(14-28(22)24(21)29)13-27(16-19)25(30)23-8-5-11-31-23/h3-11,17,19H,12-16H2,1-2H3. The summed E-state index contributed by atoms with van der Waals surface area (Å²) in [5.41, 5.74) is 4.01. The minimum Gasteiger partial charge on any atom is -0.459 e. The van der Waals surface area contributed by atoms with E-state index in [1.54, 1.807) is 12.1 Å². The van der Waals surface area contributed by atoms with Crippen molar-refractivity contribution in [1.82, 2.24) is 14.4 Å². The number of aromatic nitrogens is 1. The second-order valence-corrected chi connectivity index (χ2v) is 8.97. The van der Waals surface area contributed by atoms with Crippen molar-refractivity contribution in [3.8, 4) is 11.1 Å². The van der Waals surface area contributed by atoms with Crippen LogP contribution in [0.4, 0.5) is 0 Å². The molecule has 2 aliphatic heterocycles. The van der Waals surface area contributed by atoms with Gasteiger partial charge in [0.15, 0.2) is 5.76 Å². The Morgan fingerprint density at radius 3 is 2.65 bits per heavy atom. The summed E-state index contributed by atoms with van der Waals surface area (Å²) in [6, 6.07) is 15.6. The number of pyridine rings is 1. The highest BCUT2D eigenvalue weighted by atomic mass is 16.3. The Hall–Kier alpha value is -3.12. The van der Waals surface area contributed by atoms with Gasteiger partial charge < -0.3 is 18.8 Å². The Morgan fingerprint density at radius 1 is 1.03 bits per heavy atom. The van der Waals surface area contributed by atoms with Crippen LogP contribution in [0.3, 0.4) is 0 Å². The van der Waals surface area contributed by atoms with Gasteiger partial charge in [0.05, 0.1) is 6.26 Å². The fourth-order valence-electron chi connectivity index (χ4n) is 5.13. The number of carbonyl (C=O) groups is 1. The molecule has 31 heavy (non-hydrogen) atoms. The first-order chi connectivity index (χ1) is 15.0. The number of hydrogen-bond acceptors (Lipinski definition) is 4.